The number of aliphatic hydroxyl groups excluding tert-OH is 2. The van der Waals surface area contributed by atoms with Crippen LogP contribution in [0.3, 0.4) is 0 Å². The van der Waals surface area contributed by atoms with Crippen LogP contribution in [0.15, 0.2) is 30.3 Å². The highest BCUT2D eigenvalue weighted by Gasteiger charge is 2.23. The van der Waals surface area contributed by atoms with E-state index in [9.17, 15) is 4.79 Å². The van der Waals surface area contributed by atoms with Gasteiger partial charge in [-0.05, 0) is 37.5 Å². The summed E-state index contributed by atoms with van der Waals surface area (Å²) >= 11 is 0. The van der Waals surface area contributed by atoms with Crippen molar-refractivity contribution in [2.45, 2.75) is 26.3 Å². The van der Waals surface area contributed by atoms with E-state index in [1.54, 1.807) is 6.92 Å². The molecule has 19 heavy (non-hydrogen) atoms. The van der Waals surface area contributed by atoms with Crippen LogP contribution in [0.25, 0.3) is 5.57 Å². The zero-order valence-electron chi connectivity index (χ0n) is 11.6. The lowest BCUT2D eigenvalue weighted by Crippen LogP contribution is -2.51. The predicted octanol–water partition coefficient (Wildman–Crippen LogP) is 1.26. The fourth-order valence-corrected chi connectivity index (χ4v) is 1.75. The van der Waals surface area contributed by atoms with E-state index in [1.807, 2.05) is 38.1 Å². The maximum Gasteiger partial charge on any atom is 0.244 e. The number of allylic oxidation sites excluding steroid dienone is 1. The van der Waals surface area contributed by atoms with Gasteiger partial charge in [-0.3, -0.25) is 4.79 Å². The molecule has 0 radical (unpaired) electrons. The zero-order valence-corrected chi connectivity index (χ0v) is 11.6. The lowest BCUT2D eigenvalue weighted by atomic mass is 10.0. The minimum Gasteiger partial charge on any atom is -0.394 e. The van der Waals surface area contributed by atoms with Crippen molar-refractivity contribution in [2.75, 3.05) is 13.2 Å². The lowest BCUT2D eigenvalue weighted by molar-refractivity contribution is -0.119. The third-order valence-corrected chi connectivity index (χ3v) is 3.04. The van der Waals surface area contributed by atoms with Gasteiger partial charge in [0, 0.05) is 6.08 Å². The Balaban J connectivity index is 2.86. The minimum atomic E-state index is -1.00. The Morgan fingerprint density at radius 1 is 1.32 bits per heavy atom. The maximum atomic E-state index is 11.9. The van der Waals surface area contributed by atoms with Gasteiger partial charge in [0.15, 0.2) is 0 Å². The van der Waals surface area contributed by atoms with Crippen LogP contribution in [0.1, 0.15) is 25.0 Å². The number of benzene rings is 1. The summed E-state index contributed by atoms with van der Waals surface area (Å²) in [5.74, 6) is -0.327. The van der Waals surface area contributed by atoms with Crippen molar-refractivity contribution in [3.8, 4) is 0 Å². The van der Waals surface area contributed by atoms with Crippen molar-refractivity contribution in [3.05, 3.63) is 41.5 Å². The molecule has 3 N–H and O–H groups in total. The molecule has 0 heterocycles. The number of amides is 1. The Morgan fingerprint density at radius 3 is 2.42 bits per heavy atom. The molecule has 4 nitrogen and oxygen atoms in total. The van der Waals surface area contributed by atoms with Gasteiger partial charge in [0.2, 0.25) is 5.91 Å². The second kappa shape index (κ2) is 6.50. The summed E-state index contributed by atoms with van der Waals surface area (Å²) in [5.41, 5.74) is 1.94. The molecule has 1 aromatic rings. The van der Waals surface area contributed by atoms with Crippen LogP contribution in [0.4, 0.5) is 0 Å². The molecular formula is C15H21NO3. The molecule has 0 saturated carbocycles. The average molecular weight is 263 g/mol. The molecule has 0 unspecified atom stereocenters. The molecule has 0 aliphatic rings. The summed E-state index contributed by atoms with van der Waals surface area (Å²) in [6.07, 6.45) is 1.48. The van der Waals surface area contributed by atoms with E-state index in [0.29, 0.717) is 0 Å². The van der Waals surface area contributed by atoms with Crippen LogP contribution in [-0.4, -0.2) is 34.9 Å². The first kappa shape index (κ1) is 15.4. The molecule has 0 saturated heterocycles. The maximum absolute atomic E-state index is 11.9. The van der Waals surface area contributed by atoms with Crippen LogP contribution >= 0.6 is 0 Å². The topological polar surface area (TPSA) is 69.6 Å². The molecule has 0 aliphatic heterocycles. The summed E-state index contributed by atoms with van der Waals surface area (Å²) in [7, 11) is 0. The Kier molecular flexibility index (Phi) is 5.27. The number of aliphatic hydroxyl groups is 2. The molecule has 1 aromatic carbocycles. The van der Waals surface area contributed by atoms with E-state index in [-0.39, 0.29) is 19.1 Å². The summed E-state index contributed by atoms with van der Waals surface area (Å²) in [4.78, 5) is 11.9. The normalized spacial score (nSPS) is 12.4. The Bertz CT molecular complexity index is 476. The van der Waals surface area contributed by atoms with E-state index < -0.39 is 5.54 Å². The molecule has 0 aliphatic carbocycles. The molecule has 1 amide bonds. The van der Waals surface area contributed by atoms with Gasteiger partial charge in [-0.1, -0.05) is 24.3 Å². The summed E-state index contributed by atoms with van der Waals surface area (Å²) < 4.78 is 0. The minimum absolute atomic E-state index is 0.313. The van der Waals surface area contributed by atoms with Gasteiger partial charge in [-0.2, -0.15) is 0 Å². The Hall–Kier alpha value is -1.65. The average Bonchev–Trinajstić information content (AvgIpc) is 2.38. The fraction of sp³-hybridized carbons (Fsp3) is 0.400. The van der Waals surface area contributed by atoms with Crippen LogP contribution in [0.2, 0.25) is 0 Å². The van der Waals surface area contributed by atoms with Crippen molar-refractivity contribution in [2.24, 2.45) is 0 Å². The predicted molar refractivity (Wildman–Crippen MR) is 75.5 cm³/mol. The fourth-order valence-electron chi connectivity index (χ4n) is 1.75. The van der Waals surface area contributed by atoms with Crippen LogP contribution in [0, 0.1) is 6.92 Å². The quantitative estimate of drug-likeness (QED) is 0.700. The van der Waals surface area contributed by atoms with Gasteiger partial charge in [-0.25, -0.2) is 0 Å². The molecule has 1 rings (SSSR count). The van der Waals surface area contributed by atoms with Crippen LogP contribution in [-0.2, 0) is 4.79 Å². The van der Waals surface area contributed by atoms with E-state index in [0.717, 1.165) is 16.7 Å². The molecule has 4 heteroatoms. The third kappa shape index (κ3) is 4.19. The van der Waals surface area contributed by atoms with Crippen molar-refractivity contribution in [3.63, 3.8) is 0 Å². The first-order valence-corrected chi connectivity index (χ1v) is 6.20. The van der Waals surface area contributed by atoms with E-state index in [2.05, 4.69) is 5.32 Å². The molecule has 0 spiro atoms. The first-order valence-electron chi connectivity index (χ1n) is 6.20. The van der Waals surface area contributed by atoms with Crippen molar-refractivity contribution >= 4 is 11.5 Å². The van der Waals surface area contributed by atoms with Gasteiger partial charge in [0.1, 0.15) is 0 Å². The summed E-state index contributed by atoms with van der Waals surface area (Å²) in [5, 5.41) is 20.9. The van der Waals surface area contributed by atoms with E-state index in [1.165, 1.54) is 6.08 Å². The van der Waals surface area contributed by atoms with Gasteiger partial charge < -0.3 is 15.5 Å². The SMILES string of the molecule is C/C(=C/C(=O)NC(C)(CO)CO)c1ccccc1C. The van der Waals surface area contributed by atoms with Gasteiger partial charge in [0.25, 0.3) is 0 Å². The van der Waals surface area contributed by atoms with Crippen LogP contribution < -0.4 is 5.32 Å². The van der Waals surface area contributed by atoms with E-state index in [4.69, 9.17) is 10.2 Å². The summed E-state index contributed by atoms with van der Waals surface area (Å²) in [6, 6.07) is 7.80. The molecule has 104 valence electrons. The molecule has 0 atom stereocenters. The van der Waals surface area contributed by atoms with Gasteiger partial charge in [-0.15, -0.1) is 0 Å². The third-order valence-electron chi connectivity index (χ3n) is 3.04. The number of hydrogen-bond acceptors (Lipinski definition) is 3. The van der Waals surface area contributed by atoms with Crippen LogP contribution in [0.5, 0.6) is 0 Å². The van der Waals surface area contributed by atoms with Gasteiger partial charge in [0.05, 0.1) is 18.8 Å². The number of carbonyl (C=O) groups excluding carboxylic acids is 1. The van der Waals surface area contributed by atoms with Crippen molar-refractivity contribution in [1.29, 1.82) is 0 Å². The van der Waals surface area contributed by atoms with Crippen molar-refractivity contribution in [1.82, 2.24) is 5.32 Å². The largest absolute Gasteiger partial charge is 0.394 e. The highest BCUT2D eigenvalue weighted by Crippen LogP contribution is 2.17. The first-order chi connectivity index (χ1) is 8.91. The molecular weight excluding hydrogens is 242 g/mol. The molecule has 0 bridgehead atoms. The Labute approximate surface area is 113 Å². The standard InChI is InChI=1S/C15H21NO3/c1-11-6-4-5-7-13(11)12(2)8-14(19)16-15(3,9-17)10-18/h4-8,17-18H,9-10H2,1-3H3,(H,16,19)/b12-8-. The number of aryl methyl sites for hydroxylation is 1. The lowest BCUT2D eigenvalue weighted by Gasteiger charge is -2.25. The highest BCUT2D eigenvalue weighted by molar-refractivity contribution is 5.95. The second-order valence-corrected chi connectivity index (χ2v) is 5.01. The van der Waals surface area contributed by atoms with Gasteiger partial charge >= 0.3 is 0 Å². The molecule has 0 aromatic heterocycles. The number of carbonyl (C=O) groups is 1. The van der Waals surface area contributed by atoms with Crippen molar-refractivity contribution < 1.29 is 15.0 Å². The number of nitrogens with one attached hydrogen (secondary N) is 1. The molecule has 0 fully saturated rings. The summed E-state index contributed by atoms with van der Waals surface area (Å²) in [6.45, 7) is 4.80. The number of hydrogen-bond donors (Lipinski definition) is 3. The zero-order chi connectivity index (χ0) is 14.5. The monoisotopic (exact) mass is 263 g/mol. The highest BCUT2D eigenvalue weighted by atomic mass is 16.3. The smallest absolute Gasteiger partial charge is 0.244 e. The number of rotatable bonds is 5. The van der Waals surface area contributed by atoms with E-state index >= 15 is 0 Å². The Morgan fingerprint density at radius 2 is 1.89 bits per heavy atom. The second-order valence-electron chi connectivity index (χ2n) is 5.01.